The SMILES string of the molecule is CCOC(=O)C(C)(CC)n1nn[n+](C)c1C. The highest BCUT2D eigenvalue weighted by Gasteiger charge is 2.43. The van der Waals surface area contributed by atoms with Crippen molar-refractivity contribution in [1.29, 1.82) is 0 Å². The number of hydrogen-bond acceptors (Lipinski definition) is 4. The van der Waals surface area contributed by atoms with Crippen molar-refractivity contribution in [1.82, 2.24) is 15.1 Å². The summed E-state index contributed by atoms with van der Waals surface area (Å²) in [5.41, 5.74) is -0.783. The van der Waals surface area contributed by atoms with Gasteiger partial charge in [-0.25, -0.2) is 4.79 Å². The third kappa shape index (κ3) is 1.91. The lowest BCUT2D eigenvalue weighted by Gasteiger charge is -2.20. The predicted octanol–water partition coefficient (Wildman–Crippen LogP) is 0.0993. The van der Waals surface area contributed by atoms with Crippen LogP contribution in [0.2, 0.25) is 0 Å². The quantitative estimate of drug-likeness (QED) is 0.540. The minimum atomic E-state index is -0.783. The van der Waals surface area contributed by atoms with Crippen molar-refractivity contribution in [2.24, 2.45) is 7.05 Å². The molecule has 1 atom stereocenters. The van der Waals surface area contributed by atoms with Crippen LogP contribution in [0.3, 0.4) is 0 Å². The summed E-state index contributed by atoms with van der Waals surface area (Å²) in [6.07, 6.45) is 0.607. The number of aryl methyl sites for hydroxylation is 1. The molecule has 1 unspecified atom stereocenters. The first-order valence-corrected chi connectivity index (χ1v) is 5.43. The number of nitrogens with zero attached hydrogens (tertiary/aromatic N) is 4. The van der Waals surface area contributed by atoms with E-state index in [9.17, 15) is 4.79 Å². The zero-order chi connectivity index (χ0) is 12.3. The molecule has 0 radical (unpaired) electrons. The van der Waals surface area contributed by atoms with E-state index in [0.29, 0.717) is 13.0 Å². The Morgan fingerprint density at radius 2 is 2.19 bits per heavy atom. The molecule has 0 amide bonds. The molecule has 0 bridgehead atoms. The monoisotopic (exact) mass is 227 g/mol. The van der Waals surface area contributed by atoms with Gasteiger partial charge < -0.3 is 4.74 Å². The molecule has 0 saturated heterocycles. The lowest BCUT2D eigenvalue weighted by molar-refractivity contribution is -0.737. The number of aromatic nitrogens is 4. The van der Waals surface area contributed by atoms with E-state index in [4.69, 9.17) is 4.74 Å². The maximum Gasteiger partial charge on any atom is 0.350 e. The Balaban J connectivity index is 3.14. The number of carbonyl (C=O) groups is 1. The van der Waals surface area contributed by atoms with Crippen molar-refractivity contribution in [3.8, 4) is 0 Å². The van der Waals surface area contributed by atoms with Gasteiger partial charge >= 0.3 is 5.97 Å². The zero-order valence-corrected chi connectivity index (χ0v) is 10.5. The Kier molecular flexibility index (Phi) is 3.62. The van der Waals surface area contributed by atoms with E-state index in [1.165, 1.54) is 0 Å². The van der Waals surface area contributed by atoms with Gasteiger partial charge in [-0.1, -0.05) is 11.6 Å². The standard InChI is InChI=1S/C10H19N4O2/c1-6-10(4,9(15)16-7-2)14-8(3)13(5)11-12-14/h6-7H2,1-5H3/q+1. The number of ether oxygens (including phenoxy) is 1. The molecule has 0 aromatic carbocycles. The fourth-order valence-electron chi connectivity index (χ4n) is 1.49. The Morgan fingerprint density at radius 3 is 2.56 bits per heavy atom. The fraction of sp³-hybridized carbons (Fsp3) is 0.800. The number of esters is 1. The highest BCUT2D eigenvalue weighted by atomic mass is 16.5. The van der Waals surface area contributed by atoms with Crippen LogP contribution >= 0.6 is 0 Å². The molecule has 1 aromatic heterocycles. The van der Waals surface area contributed by atoms with Crippen LogP contribution in [0.25, 0.3) is 0 Å². The van der Waals surface area contributed by atoms with Crippen molar-refractivity contribution in [3.63, 3.8) is 0 Å². The number of rotatable bonds is 4. The van der Waals surface area contributed by atoms with Crippen LogP contribution in [0.5, 0.6) is 0 Å². The van der Waals surface area contributed by atoms with Crippen LogP contribution in [-0.2, 0) is 22.1 Å². The van der Waals surface area contributed by atoms with E-state index in [1.54, 1.807) is 23.3 Å². The van der Waals surface area contributed by atoms with Gasteiger partial charge in [-0.15, -0.1) is 4.68 Å². The molecule has 16 heavy (non-hydrogen) atoms. The molecule has 6 nitrogen and oxygen atoms in total. The van der Waals surface area contributed by atoms with Crippen LogP contribution in [0, 0.1) is 6.92 Å². The summed E-state index contributed by atoms with van der Waals surface area (Å²) in [4.78, 5) is 11.9. The summed E-state index contributed by atoms with van der Waals surface area (Å²) in [7, 11) is 1.79. The summed E-state index contributed by atoms with van der Waals surface area (Å²) in [5.74, 6) is 0.545. The van der Waals surface area contributed by atoms with Gasteiger partial charge in [0.1, 0.15) is 5.21 Å². The van der Waals surface area contributed by atoms with Crippen molar-refractivity contribution in [2.75, 3.05) is 6.61 Å². The molecule has 0 fully saturated rings. The van der Waals surface area contributed by atoms with Crippen molar-refractivity contribution < 1.29 is 14.2 Å². The van der Waals surface area contributed by atoms with Gasteiger partial charge in [0.05, 0.1) is 13.7 Å². The first-order chi connectivity index (χ1) is 7.47. The van der Waals surface area contributed by atoms with Crippen LogP contribution in [-0.4, -0.2) is 27.7 Å². The molecule has 0 N–H and O–H groups in total. The molecule has 1 aromatic rings. The van der Waals surface area contributed by atoms with Crippen LogP contribution in [0.1, 0.15) is 33.0 Å². The molecule has 0 aliphatic rings. The second-order valence-electron chi connectivity index (χ2n) is 3.91. The van der Waals surface area contributed by atoms with Gasteiger partial charge in [0, 0.05) is 6.92 Å². The molecule has 0 aliphatic carbocycles. The molecular weight excluding hydrogens is 208 g/mol. The summed E-state index contributed by atoms with van der Waals surface area (Å²) in [5, 5.41) is 7.88. The molecular formula is C10H19N4O2+. The average molecular weight is 227 g/mol. The van der Waals surface area contributed by atoms with Gasteiger partial charge in [0.25, 0.3) is 5.82 Å². The third-order valence-electron chi connectivity index (χ3n) is 2.91. The zero-order valence-electron chi connectivity index (χ0n) is 10.5. The minimum absolute atomic E-state index is 0.272. The highest BCUT2D eigenvalue weighted by molar-refractivity contribution is 5.78. The minimum Gasteiger partial charge on any atom is -0.463 e. The van der Waals surface area contributed by atoms with Gasteiger partial charge in [0.2, 0.25) is 5.54 Å². The van der Waals surface area contributed by atoms with Gasteiger partial charge in [0.15, 0.2) is 5.21 Å². The molecule has 0 spiro atoms. The van der Waals surface area contributed by atoms with E-state index in [1.807, 2.05) is 20.8 Å². The Labute approximate surface area is 95.2 Å². The van der Waals surface area contributed by atoms with E-state index in [-0.39, 0.29) is 5.97 Å². The van der Waals surface area contributed by atoms with Crippen LogP contribution in [0.4, 0.5) is 0 Å². The second kappa shape index (κ2) is 4.59. The number of tetrazole rings is 1. The van der Waals surface area contributed by atoms with Gasteiger partial charge in [-0.3, -0.25) is 0 Å². The summed E-state index contributed by atoms with van der Waals surface area (Å²) in [6.45, 7) is 7.77. The largest absolute Gasteiger partial charge is 0.463 e. The van der Waals surface area contributed by atoms with Crippen LogP contribution in [0.15, 0.2) is 0 Å². The summed E-state index contributed by atoms with van der Waals surface area (Å²) >= 11 is 0. The van der Waals surface area contributed by atoms with Gasteiger partial charge in [-0.2, -0.15) is 0 Å². The van der Waals surface area contributed by atoms with Gasteiger partial charge in [-0.05, 0) is 20.3 Å². The topological polar surface area (TPSA) is 60.9 Å². The maximum atomic E-state index is 11.9. The Bertz CT molecular complexity index is 388. The second-order valence-corrected chi connectivity index (χ2v) is 3.91. The van der Waals surface area contributed by atoms with E-state index < -0.39 is 5.54 Å². The predicted molar refractivity (Wildman–Crippen MR) is 56.5 cm³/mol. The maximum absolute atomic E-state index is 11.9. The van der Waals surface area contributed by atoms with Crippen molar-refractivity contribution in [2.45, 2.75) is 39.7 Å². The smallest absolute Gasteiger partial charge is 0.350 e. The first kappa shape index (κ1) is 12.6. The Morgan fingerprint density at radius 1 is 1.56 bits per heavy atom. The van der Waals surface area contributed by atoms with E-state index in [0.717, 1.165) is 5.82 Å². The third-order valence-corrected chi connectivity index (χ3v) is 2.91. The number of hydrogen-bond donors (Lipinski definition) is 0. The molecule has 6 heteroatoms. The summed E-state index contributed by atoms with van der Waals surface area (Å²) < 4.78 is 8.33. The lowest BCUT2D eigenvalue weighted by atomic mass is 9.99. The molecule has 0 aliphatic heterocycles. The van der Waals surface area contributed by atoms with E-state index >= 15 is 0 Å². The molecule has 0 saturated carbocycles. The lowest BCUT2D eigenvalue weighted by Crippen LogP contribution is -2.43. The van der Waals surface area contributed by atoms with Crippen LogP contribution < -0.4 is 4.68 Å². The average Bonchev–Trinajstić information content (AvgIpc) is 2.59. The fourth-order valence-corrected chi connectivity index (χ4v) is 1.49. The summed E-state index contributed by atoms with van der Waals surface area (Å²) in [6, 6.07) is 0. The van der Waals surface area contributed by atoms with Crippen molar-refractivity contribution >= 4 is 5.97 Å². The highest BCUT2D eigenvalue weighted by Crippen LogP contribution is 2.21. The first-order valence-electron chi connectivity index (χ1n) is 5.43. The van der Waals surface area contributed by atoms with Crippen molar-refractivity contribution in [3.05, 3.63) is 5.82 Å². The number of carbonyl (C=O) groups excluding carboxylic acids is 1. The molecule has 1 rings (SSSR count). The normalized spacial score (nSPS) is 14.6. The molecule has 90 valence electrons. The molecule has 1 heterocycles. The Hall–Kier alpha value is -1.46. The van der Waals surface area contributed by atoms with E-state index in [2.05, 4.69) is 10.4 Å².